The van der Waals surface area contributed by atoms with Gasteiger partial charge in [-0.2, -0.15) is 0 Å². The van der Waals surface area contributed by atoms with Crippen LogP contribution < -0.4 is 5.73 Å². The van der Waals surface area contributed by atoms with Crippen LogP contribution in [0.5, 0.6) is 0 Å². The molecule has 0 amide bonds. The summed E-state index contributed by atoms with van der Waals surface area (Å²) in [5.41, 5.74) is 5.92. The SMILES string of the molecule is COCC1CCN(C(N)=NCC(C)C)C1. The van der Waals surface area contributed by atoms with Crippen molar-refractivity contribution in [3.63, 3.8) is 0 Å². The smallest absolute Gasteiger partial charge is 0.191 e. The molecule has 4 nitrogen and oxygen atoms in total. The molecular formula is C11H23N3O. The summed E-state index contributed by atoms with van der Waals surface area (Å²) in [7, 11) is 1.75. The maximum Gasteiger partial charge on any atom is 0.191 e. The van der Waals surface area contributed by atoms with Gasteiger partial charge in [0.15, 0.2) is 5.96 Å². The molecule has 1 atom stereocenters. The minimum atomic E-state index is 0.570. The van der Waals surface area contributed by atoms with Crippen molar-refractivity contribution in [1.29, 1.82) is 0 Å². The number of nitrogens with two attached hydrogens (primary N) is 1. The highest BCUT2D eigenvalue weighted by atomic mass is 16.5. The topological polar surface area (TPSA) is 50.9 Å². The Hall–Kier alpha value is -0.770. The molecule has 1 aliphatic heterocycles. The van der Waals surface area contributed by atoms with Gasteiger partial charge in [0.2, 0.25) is 0 Å². The zero-order chi connectivity index (χ0) is 11.3. The molecule has 1 aliphatic rings. The van der Waals surface area contributed by atoms with E-state index in [0.717, 1.165) is 32.7 Å². The van der Waals surface area contributed by atoms with Gasteiger partial charge in [-0.1, -0.05) is 13.8 Å². The first kappa shape index (κ1) is 12.3. The zero-order valence-electron chi connectivity index (χ0n) is 10.1. The van der Waals surface area contributed by atoms with Crippen molar-refractivity contribution in [2.75, 3.05) is 33.4 Å². The Morgan fingerprint density at radius 2 is 2.33 bits per heavy atom. The van der Waals surface area contributed by atoms with Crippen LogP contribution in [-0.2, 0) is 4.74 Å². The second-order valence-corrected chi connectivity index (χ2v) is 4.65. The first-order valence-electron chi connectivity index (χ1n) is 5.67. The summed E-state index contributed by atoms with van der Waals surface area (Å²) in [5, 5.41) is 0. The first-order chi connectivity index (χ1) is 7.13. The predicted octanol–water partition coefficient (Wildman–Crippen LogP) is 0.925. The van der Waals surface area contributed by atoms with Crippen LogP contribution in [-0.4, -0.2) is 44.2 Å². The molecule has 0 aromatic heterocycles. The number of ether oxygens (including phenoxy) is 1. The first-order valence-corrected chi connectivity index (χ1v) is 5.67. The fourth-order valence-electron chi connectivity index (χ4n) is 1.79. The van der Waals surface area contributed by atoms with Crippen LogP contribution in [0.2, 0.25) is 0 Å². The molecule has 15 heavy (non-hydrogen) atoms. The van der Waals surface area contributed by atoms with Gasteiger partial charge in [-0.3, -0.25) is 4.99 Å². The maximum absolute atomic E-state index is 5.92. The van der Waals surface area contributed by atoms with Gasteiger partial charge in [-0.15, -0.1) is 0 Å². The Morgan fingerprint density at radius 3 is 2.93 bits per heavy atom. The van der Waals surface area contributed by atoms with E-state index in [-0.39, 0.29) is 0 Å². The highest BCUT2D eigenvalue weighted by Gasteiger charge is 2.23. The Bertz CT molecular complexity index is 216. The molecule has 88 valence electrons. The second-order valence-electron chi connectivity index (χ2n) is 4.65. The average Bonchev–Trinajstić information content (AvgIpc) is 2.63. The monoisotopic (exact) mass is 213 g/mol. The number of nitrogens with zero attached hydrogens (tertiary/aromatic N) is 2. The van der Waals surface area contributed by atoms with E-state index in [1.54, 1.807) is 7.11 Å². The van der Waals surface area contributed by atoms with Crippen molar-refractivity contribution in [2.24, 2.45) is 22.6 Å². The predicted molar refractivity (Wildman–Crippen MR) is 62.9 cm³/mol. The van der Waals surface area contributed by atoms with Gasteiger partial charge in [-0.05, 0) is 12.3 Å². The summed E-state index contributed by atoms with van der Waals surface area (Å²) in [6, 6.07) is 0. The molecule has 1 heterocycles. The lowest BCUT2D eigenvalue weighted by Gasteiger charge is -2.17. The van der Waals surface area contributed by atoms with E-state index in [0.29, 0.717) is 17.8 Å². The van der Waals surface area contributed by atoms with Gasteiger partial charge in [0, 0.05) is 32.7 Å². The largest absolute Gasteiger partial charge is 0.384 e. The highest BCUT2D eigenvalue weighted by Crippen LogP contribution is 2.15. The molecule has 1 saturated heterocycles. The third-order valence-corrected chi connectivity index (χ3v) is 2.63. The lowest BCUT2D eigenvalue weighted by Crippen LogP contribution is -2.36. The summed E-state index contributed by atoms with van der Waals surface area (Å²) in [4.78, 5) is 6.54. The van der Waals surface area contributed by atoms with E-state index in [2.05, 4.69) is 23.7 Å². The average molecular weight is 213 g/mol. The highest BCUT2D eigenvalue weighted by molar-refractivity contribution is 5.78. The molecule has 0 aliphatic carbocycles. The number of guanidine groups is 1. The van der Waals surface area contributed by atoms with Crippen molar-refractivity contribution in [3.05, 3.63) is 0 Å². The van der Waals surface area contributed by atoms with Crippen LogP contribution in [0, 0.1) is 11.8 Å². The standard InChI is InChI=1S/C11H23N3O/c1-9(2)6-13-11(12)14-5-4-10(7-14)8-15-3/h9-10H,4-8H2,1-3H3,(H2,12,13). The van der Waals surface area contributed by atoms with E-state index < -0.39 is 0 Å². The molecule has 4 heteroatoms. The molecule has 0 saturated carbocycles. The van der Waals surface area contributed by atoms with Crippen LogP contribution in [0.25, 0.3) is 0 Å². The van der Waals surface area contributed by atoms with Crippen molar-refractivity contribution in [2.45, 2.75) is 20.3 Å². The molecule has 1 rings (SSSR count). The van der Waals surface area contributed by atoms with Crippen molar-refractivity contribution in [3.8, 4) is 0 Å². The molecular weight excluding hydrogens is 190 g/mol. The van der Waals surface area contributed by atoms with Crippen molar-refractivity contribution >= 4 is 5.96 Å². The third kappa shape index (κ3) is 4.08. The van der Waals surface area contributed by atoms with Crippen LogP contribution in [0.15, 0.2) is 4.99 Å². The number of hydrogen-bond acceptors (Lipinski definition) is 2. The van der Waals surface area contributed by atoms with E-state index in [1.165, 1.54) is 0 Å². The van der Waals surface area contributed by atoms with E-state index in [4.69, 9.17) is 10.5 Å². The van der Waals surface area contributed by atoms with E-state index in [9.17, 15) is 0 Å². The summed E-state index contributed by atoms with van der Waals surface area (Å²) >= 11 is 0. The normalized spacial score (nSPS) is 22.8. The van der Waals surface area contributed by atoms with Gasteiger partial charge in [-0.25, -0.2) is 0 Å². The van der Waals surface area contributed by atoms with E-state index >= 15 is 0 Å². The number of likely N-dealkylation sites (tertiary alicyclic amines) is 1. The quantitative estimate of drug-likeness (QED) is 0.558. The fourth-order valence-corrected chi connectivity index (χ4v) is 1.79. The number of hydrogen-bond donors (Lipinski definition) is 1. The maximum atomic E-state index is 5.92. The molecule has 1 unspecified atom stereocenters. The summed E-state index contributed by atoms with van der Waals surface area (Å²) < 4.78 is 5.14. The third-order valence-electron chi connectivity index (χ3n) is 2.63. The van der Waals surface area contributed by atoms with Crippen LogP contribution >= 0.6 is 0 Å². The molecule has 0 aromatic rings. The Balaban J connectivity index is 2.35. The van der Waals surface area contributed by atoms with Crippen molar-refractivity contribution in [1.82, 2.24) is 4.90 Å². The Labute approximate surface area is 92.5 Å². The van der Waals surface area contributed by atoms with Gasteiger partial charge >= 0.3 is 0 Å². The number of methoxy groups -OCH3 is 1. The fraction of sp³-hybridized carbons (Fsp3) is 0.909. The Morgan fingerprint density at radius 1 is 1.60 bits per heavy atom. The summed E-state index contributed by atoms with van der Waals surface area (Å²) in [6.07, 6.45) is 1.16. The van der Waals surface area contributed by atoms with Crippen molar-refractivity contribution < 1.29 is 4.74 Å². The van der Waals surface area contributed by atoms with Gasteiger partial charge in [0.05, 0.1) is 6.61 Å². The molecule has 0 aromatic carbocycles. The van der Waals surface area contributed by atoms with Crippen LogP contribution in [0.4, 0.5) is 0 Å². The molecule has 2 N–H and O–H groups in total. The molecule has 1 fully saturated rings. The second kappa shape index (κ2) is 5.95. The molecule has 0 bridgehead atoms. The summed E-state index contributed by atoms with van der Waals surface area (Å²) in [6.45, 7) is 7.94. The zero-order valence-corrected chi connectivity index (χ0v) is 10.1. The van der Waals surface area contributed by atoms with Crippen LogP contribution in [0.1, 0.15) is 20.3 Å². The lowest BCUT2D eigenvalue weighted by atomic mass is 10.1. The lowest BCUT2D eigenvalue weighted by molar-refractivity contribution is 0.157. The van der Waals surface area contributed by atoms with Gasteiger partial charge < -0.3 is 15.4 Å². The Kier molecular flexibility index (Phi) is 4.88. The number of aliphatic imine (C=N–C) groups is 1. The minimum absolute atomic E-state index is 0.570. The minimum Gasteiger partial charge on any atom is -0.384 e. The van der Waals surface area contributed by atoms with Gasteiger partial charge in [0.25, 0.3) is 0 Å². The van der Waals surface area contributed by atoms with Crippen LogP contribution in [0.3, 0.4) is 0 Å². The van der Waals surface area contributed by atoms with E-state index in [1.807, 2.05) is 0 Å². The molecule has 0 spiro atoms. The number of rotatable bonds is 4. The molecule has 0 radical (unpaired) electrons. The summed E-state index contributed by atoms with van der Waals surface area (Å²) in [5.74, 6) is 1.88. The van der Waals surface area contributed by atoms with Gasteiger partial charge in [0.1, 0.15) is 0 Å².